The van der Waals surface area contributed by atoms with Crippen LogP contribution >= 0.6 is 11.6 Å². The third-order valence-corrected chi connectivity index (χ3v) is 2.84. The summed E-state index contributed by atoms with van der Waals surface area (Å²) >= 11 is 5.77. The molecule has 0 aliphatic carbocycles. The molecule has 2 aromatic rings. The van der Waals surface area contributed by atoms with Crippen LogP contribution in [0.25, 0.3) is 11.4 Å². The Morgan fingerprint density at radius 1 is 1.33 bits per heavy atom. The zero-order valence-electron chi connectivity index (χ0n) is 9.71. The largest absolute Gasteiger partial charge is 0.310 e. The van der Waals surface area contributed by atoms with Gasteiger partial charge in [-0.3, -0.25) is 10.1 Å². The van der Waals surface area contributed by atoms with E-state index in [2.05, 4.69) is 10.2 Å². The smallest absolute Gasteiger partial charge is 0.269 e. The fourth-order valence-corrected chi connectivity index (χ4v) is 1.91. The van der Waals surface area contributed by atoms with E-state index < -0.39 is 4.92 Å². The molecule has 0 amide bonds. The first kappa shape index (κ1) is 12.5. The summed E-state index contributed by atoms with van der Waals surface area (Å²) in [5, 5.41) is 18.6. The zero-order chi connectivity index (χ0) is 13.1. The Morgan fingerprint density at radius 3 is 2.50 bits per heavy atom. The fourth-order valence-electron chi connectivity index (χ4n) is 1.71. The van der Waals surface area contributed by atoms with Crippen LogP contribution in [0.2, 0.25) is 0 Å². The number of hydrogen-bond donors (Lipinski definition) is 0. The van der Waals surface area contributed by atoms with Gasteiger partial charge in [0.05, 0.1) is 10.8 Å². The van der Waals surface area contributed by atoms with Crippen LogP contribution in [0.1, 0.15) is 12.7 Å². The molecule has 94 valence electrons. The highest BCUT2D eigenvalue weighted by molar-refractivity contribution is 6.16. The molecule has 18 heavy (non-hydrogen) atoms. The highest BCUT2D eigenvalue weighted by Gasteiger charge is 2.13. The summed E-state index contributed by atoms with van der Waals surface area (Å²) < 4.78 is 1.88. The van der Waals surface area contributed by atoms with Gasteiger partial charge in [-0.25, -0.2) is 0 Å². The predicted octanol–water partition coefficient (Wildman–Crippen LogP) is 2.61. The number of rotatable bonds is 4. The number of hydrogen-bond acceptors (Lipinski definition) is 4. The van der Waals surface area contributed by atoms with E-state index in [0.717, 1.165) is 5.56 Å². The number of halogens is 1. The van der Waals surface area contributed by atoms with Gasteiger partial charge in [0.1, 0.15) is 5.82 Å². The van der Waals surface area contributed by atoms with E-state index in [9.17, 15) is 10.1 Å². The second kappa shape index (κ2) is 5.14. The normalized spacial score (nSPS) is 10.6. The number of benzene rings is 1. The van der Waals surface area contributed by atoms with Crippen LogP contribution in [-0.2, 0) is 12.4 Å². The molecular formula is C11H11ClN4O2. The zero-order valence-corrected chi connectivity index (χ0v) is 10.5. The highest BCUT2D eigenvalue weighted by Crippen LogP contribution is 2.22. The SMILES string of the molecule is CCn1c(CCl)nnc1-c1ccc([N+](=O)[O-])cc1. The summed E-state index contributed by atoms with van der Waals surface area (Å²) in [4.78, 5) is 10.1. The second-order valence-corrected chi connectivity index (χ2v) is 3.89. The maximum absolute atomic E-state index is 10.6. The van der Waals surface area contributed by atoms with E-state index >= 15 is 0 Å². The Kier molecular flexibility index (Phi) is 3.57. The minimum Gasteiger partial charge on any atom is -0.310 e. The molecule has 1 heterocycles. The van der Waals surface area contributed by atoms with Gasteiger partial charge in [-0.2, -0.15) is 0 Å². The molecule has 0 fully saturated rings. The van der Waals surface area contributed by atoms with Crippen molar-refractivity contribution in [2.24, 2.45) is 0 Å². The van der Waals surface area contributed by atoms with Gasteiger partial charge in [-0.1, -0.05) is 0 Å². The molecule has 2 rings (SSSR count). The molecular weight excluding hydrogens is 256 g/mol. The number of alkyl halides is 1. The maximum Gasteiger partial charge on any atom is 0.269 e. The quantitative estimate of drug-likeness (QED) is 0.484. The Balaban J connectivity index is 2.42. The van der Waals surface area contributed by atoms with Crippen molar-refractivity contribution in [3.05, 3.63) is 40.2 Å². The van der Waals surface area contributed by atoms with E-state index in [1.165, 1.54) is 12.1 Å². The standard InChI is InChI=1S/C11H11ClN4O2/c1-2-15-10(7-12)13-14-11(15)8-3-5-9(6-4-8)16(17)18/h3-6H,2,7H2,1H3. The second-order valence-electron chi connectivity index (χ2n) is 3.62. The molecule has 0 unspecified atom stereocenters. The van der Waals surface area contributed by atoms with Crippen molar-refractivity contribution in [1.82, 2.24) is 14.8 Å². The average Bonchev–Trinajstić information content (AvgIpc) is 2.81. The summed E-state index contributed by atoms with van der Waals surface area (Å²) in [6.07, 6.45) is 0. The van der Waals surface area contributed by atoms with Crippen molar-refractivity contribution in [1.29, 1.82) is 0 Å². The summed E-state index contributed by atoms with van der Waals surface area (Å²) in [6, 6.07) is 6.22. The van der Waals surface area contributed by atoms with Gasteiger partial charge in [0, 0.05) is 24.2 Å². The molecule has 7 heteroatoms. The van der Waals surface area contributed by atoms with Gasteiger partial charge in [-0.15, -0.1) is 21.8 Å². The van der Waals surface area contributed by atoms with Gasteiger partial charge in [0.15, 0.2) is 5.82 Å². The van der Waals surface area contributed by atoms with Crippen LogP contribution in [0, 0.1) is 10.1 Å². The van der Waals surface area contributed by atoms with Gasteiger partial charge >= 0.3 is 0 Å². The Morgan fingerprint density at radius 2 is 2.00 bits per heavy atom. The van der Waals surface area contributed by atoms with Crippen LogP contribution < -0.4 is 0 Å². The third-order valence-electron chi connectivity index (χ3n) is 2.60. The first-order valence-electron chi connectivity index (χ1n) is 5.40. The van der Waals surface area contributed by atoms with Crippen molar-refractivity contribution in [2.45, 2.75) is 19.3 Å². The topological polar surface area (TPSA) is 73.8 Å². The molecule has 6 nitrogen and oxygen atoms in total. The highest BCUT2D eigenvalue weighted by atomic mass is 35.5. The Bertz CT molecular complexity index is 565. The molecule has 0 saturated heterocycles. The molecule has 0 aliphatic rings. The number of aromatic nitrogens is 3. The summed E-state index contributed by atoms with van der Waals surface area (Å²) in [7, 11) is 0. The van der Waals surface area contributed by atoms with Gasteiger partial charge in [0.25, 0.3) is 5.69 Å². The van der Waals surface area contributed by atoms with Crippen LogP contribution in [0.3, 0.4) is 0 Å². The Labute approximate surface area is 108 Å². The van der Waals surface area contributed by atoms with Crippen molar-refractivity contribution in [3.8, 4) is 11.4 Å². The molecule has 0 atom stereocenters. The lowest BCUT2D eigenvalue weighted by Crippen LogP contribution is -2.02. The Hall–Kier alpha value is -1.95. The van der Waals surface area contributed by atoms with E-state index in [1.54, 1.807) is 12.1 Å². The minimum absolute atomic E-state index is 0.0545. The molecule has 0 saturated carbocycles. The molecule has 1 aromatic carbocycles. The number of nitro benzene ring substituents is 1. The van der Waals surface area contributed by atoms with Crippen molar-refractivity contribution < 1.29 is 4.92 Å². The maximum atomic E-state index is 10.6. The summed E-state index contributed by atoms with van der Waals surface area (Å²) in [5.74, 6) is 1.64. The van der Waals surface area contributed by atoms with Crippen molar-refractivity contribution >= 4 is 17.3 Å². The number of nitrogens with zero attached hydrogens (tertiary/aromatic N) is 4. The summed E-state index contributed by atoms with van der Waals surface area (Å²) in [5.41, 5.74) is 0.838. The van der Waals surface area contributed by atoms with Gasteiger partial charge in [-0.05, 0) is 19.1 Å². The lowest BCUT2D eigenvalue weighted by Gasteiger charge is -2.05. The monoisotopic (exact) mass is 266 g/mol. The van der Waals surface area contributed by atoms with Gasteiger partial charge < -0.3 is 4.57 Å². The van der Waals surface area contributed by atoms with Crippen LogP contribution in [0.15, 0.2) is 24.3 Å². The van der Waals surface area contributed by atoms with Crippen molar-refractivity contribution in [2.75, 3.05) is 0 Å². The van der Waals surface area contributed by atoms with Crippen LogP contribution in [0.5, 0.6) is 0 Å². The molecule has 0 N–H and O–H groups in total. The number of non-ortho nitro benzene ring substituents is 1. The van der Waals surface area contributed by atoms with E-state index in [1.807, 2.05) is 11.5 Å². The predicted molar refractivity (Wildman–Crippen MR) is 67.3 cm³/mol. The molecule has 0 spiro atoms. The van der Waals surface area contributed by atoms with Crippen molar-refractivity contribution in [3.63, 3.8) is 0 Å². The van der Waals surface area contributed by atoms with E-state index in [4.69, 9.17) is 11.6 Å². The fraction of sp³-hybridized carbons (Fsp3) is 0.273. The van der Waals surface area contributed by atoms with E-state index in [0.29, 0.717) is 18.2 Å². The first-order chi connectivity index (χ1) is 8.67. The minimum atomic E-state index is -0.432. The number of nitro groups is 1. The molecule has 0 aliphatic heterocycles. The van der Waals surface area contributed by atoms with Gasteiger partial charge in [0.2, 0.25) is 0 Å². The third kappa shape index (κ3) is 2.19. The van der Waals surface area contributed by atoms with Crippen LogP contribution in [-0.4, -0.2) is 19.7 Å². The average molecular weight is 267 g/mol. The van der Waals surface area contributed by atoms with E-state index in [-0.39, 0.29) is 11.6 Å². The van der Waals surface area contributed by atoms with Crippen LogP contribution in [0.4, 0.5) is 5.69 Å². The molecule has 0 bridgehead atoms. The first-order valence-corrected chi connectivity index (χ1v) is 5.93. The lowest BCUT2D eigenvalue weighted by molar-refractivity contribution is -0.384. The lowest BCUT2D eigenvalue weighted by atomic mass is 10.2. The molecule has 1 aromatic heterocycles. The summed E-state index contributed by atoms with van der Waals surface area (Å²) in [6.45, 7) is 2.66. The molecule has 0 radical (unpaired) electrons.